The number of carboxylic acids is 1. The van der Waals surface area contributed by atoms with Gasteiger partial charge in [0.05, 0.1) is 19.3 Å². The zero-order valence-electron chi connectivity index (χ0n) is 11.3. The van der Waals surface area contributed by atoms with E-state index in [9.17, 15) is 14.3 Å². The highest BCUT2D eigenvalue weighted by Crippen LogP contribution is 2.50. The van der Waals surface area contributed by atoms with Crippen LogP contribution in [0.5, 0.6) is 5.75 Å². The number of methoxy groups -OCH3 is 1. The fraction of sp³-hybridized carbons (Fsp3) is 0.533. The van der Waals surface area contributed by atoms with E-state index in [2.05, 4.69) is 0 Å². The third-order valence-corrected chi connectivity index (χ3v) is 4.51. The maximum absolute atomic E-state index is 14.2. The van der Waals surface area contributed by atoms with Crippen LogP contribution in [-0.2, 0) is 16.0 Å². The molecule has 3 atom stereocenters. The molecule has 0 saturated carbocycles. The van der Waals surface area contributed by atoms with E-state index in [0.717, 1.165) is 12.8 Å². The van der Waals surface area contributed by atoms with Gasteiger partial charge in [0.2, 0.25) is 0 Å². The summed E-state index contributed by atoms with van der Waals surface area (Å²) in [5.41, 5.74) is -0.626. The van der Waals surface area contributed by atoms with Gasteiger partial charge >= 0.3 is 5.97 Å². The van der Waals surface area contributed by atoms with Gasteiger partial charge in [-0.2, -0.15) is 0 Å². The van der Waals surface area contributed by atoms with Crippen molar-refractivity contribution < 1.29 is 23.8 Å². The molecular weight excluding hydrogens is 263 g/mol. The van der Waals surface area contributed by atoms with Crippen molar-refractivity contribution in [2.24, 2.45) is 5.41 Å². The van der Waals surface area contributed by atoms with Crippen LogP contribution in [-0.4, -0.2) is 30.4 Å². The molecule has 0 spiro atoms. The van der Waals surface area contributed by atoms with E-state index in [1.54, 1.807) is 12.1 Å². The minimum Gasteiger partial charge on any atom is -0.494 e. The molecule has 2 fully saturated rings. The first-order valence-corrected chi connectivity index (χ1v) is 6.77. The quantitative estimate of drug-likeness (QED) is 0.920. The number of hydrogen-bond acceptors (Lipinski definition) is 3. The predicted octanol–water partition coefficient (Wildman–Crippen LogP) is 2.40. The second-order valence-corrected chi connectivity index (χ2v) is 5.60. The van der Waals surface area contributed by atoms with Gasteiger partial charge in [0.25, 0.3) is 0 Å². The minimum atomic E-state index is -1.00. The number of halogens is 1. The van der Waals surface area contributed by atoms with E-state index in [4.69, 9.17) is 9.47 Å². The van der Waals surface area contributed by atoms with Gasteiger partial charge in [-0.25, -0.2) is 4.39 Å². The highest BCUT2D eigenvalue weighted by molar-refractivity contribution is 5.77. The number of carboxylic acid groups (broad SMARTS) is 1. The van der Waals surface area contributed by atoms with Crippen LogP contribution in [0.25, 0.3) is 0 Å². The fourth-order valence-corrected chi connectivity index (χ4v) is 3.48. The third kappa shape index (κ3) is 1.88. The lowest BCUT2D eigenvalue weighted by atomic mass is 9.70. The molecule has 2 bridgehead atoms. The molecular formula is C15H17FO4. The zero-order chi connectivity index (χ0) is 14.3. The summed E-state index contributed by atoms with van der Waals surface area (Å²) in [4.78, 5) is 11.7. The van der Waals surface area contributed by atoms with Crippen LogP contribution in [0.2, 0.25) is 0 Å². The van der Waals surface area contributed by atoms with Gasteiger partial charge in [-0.15, -0.1) is 0 Å². The second-order valence-electron chi connectivity index (χ2n) is 5.60. The Bertz CT molecular complexity index is 545. The Balaban J connectivity index is 1.94. The molecule has 5 heteroatoms. The highest BCUT2D eigenvalue weighted by Gasteiger charge is 2.57. The lowest BCUT2D eigenvalue weighted by Crippen LogP contribution is -2.42. The first kappa shape index (κ1) is 13.4. The van der Waals surface area contributed by atoms with E-state index in [1.165, 1.54) is 13.2 Å². The van der Waals surface area contributed by atoms with Crippen molar-refractivity contribution in [3.63, 3.8) is 0 Å². The molecule has 0 amide bonds. The lowest BCUT2D eigenvalue weighted by molar-refractivity contribution is -0.152. The molecule has 0 aliphatic carbocycles. The molecule has 0 radical (unpaired) electrons. The van der Waals surface area contributed by atoms with Gasteiger partial charge in [0.1, 0.15) is 5.41 Å². The number of rotatable bonds is 4. The normalized spacial score (nSPS) is 31.5. The maximum Gasteiger partial charge on any atom is 0.312 e. The van der Waals surface area contributed by atoms with Crippen molar-refractivity contribution >= 4 is 5.97 Å². The average molecular weight is 280 g/mol. The fourth-order valence-electron chi connectivity index (χ4n) is 3.48. The highest BCUT2D eigenvalue weighted by atomic mass is 19.1. The van der Waals surface area contributed by atoms with Gasteiger partial charge in [-0.05, 0) is 37.3 Å². The summed E-state index contributed by atoms with van der Waals surface area (Å²) in [6.07, 6.45) is 1.94. The van der Waals surface area contributed by atoms with E-state index in [0.29, 0.717) is 12.0 Å². The van der Waals surface area contributed by atoms with Crippen LogP contribution in [0.15, 0.2) is 18.2 Å². The monoisotopic (exact) mass is 280 g/mol. The number of benzene rings is 1. The Hall–Kier alpha value is -1.62. The van der Waals surface area contributed by atoms with E-state index >= 15 is 0 Å². The number of aliphatic carboxylic acids is 1. The van der Waals surface area contributed by atoms with Crippen molar-refractivity contribution in [3.8, 4) is 5.75 Å². The smallest absolute Gasteiger partial charge is 0.312 e. The van der Waals surface area contributed by atoms with Gasteiger partial charge in [0.15, 0.2) is 11.6 Å². The van der Waals surface area contributed by atoms with Crippen LogP contribution in [0.1, 0.15) is 24.8 Å². The molecule has 2 saturated heterocycles. The van der Waals surface area contributed by atoms with Crippen molar-refractivity contribution in [1.29, 1.82) is 0 Å². The molecule has 108 valence electrons. The lowest BCUT2D eigenvalue weighted by Gasteiger charge is -2.31. The van der Waals surface area contributed by atoms with E-state index in [1.807, 2.05) is 0 Å². The Morgan fingerprint density at radius 2 is 2.35 bits per heavy atom. The molecule has 3 unspecified atom stereocenters. The molecule has 0 aromatic heterocycles. The molecule has 2 heterocycles. The summed E-state index contributed by atoms with van der Waals surface area (Å²) in [6, 6.07) is 4.83. The topological polar surface area (TPSA) is 55.8 Å². The van der Waals surface area contributed by atoms with Crippen LogP contribution in [0, 0.1) is 11.2 Å². The Kier molecular flexibility index (Phi) is 3.17. The van der Waals surface area contributed by atoms with Crippen LogP contribution < -0.4 is 4.74 Å². The first-order valence-electron chi connectivity index (χ1n) is 6.77. The van der Waals surface area contributed by atoms with Crippen LogP contribution in [0.4, 0.5) is 4.39 Å². The number of fused-ring (bicyclic) bond motifs is 2. The Morgan fingerprint density at radius 3 is 2.90 bits per heavy atom. The molecule has 2 aliphatic heterocycles. The summed E-state index contributed by atoms with van der Waals surface area (Å²) in [5.74, 6) is -1.22. The summed E-state index contributed by atoms with van der Waals surface area (Å²) in [6.45, 7) is 0. The standard InChI is InChI=1S/C15H17FO4/c1-19-11-4-2-3-9(13(11)16)7-15(14(17)18)8-10-5-6-12(15)20-10/h2-4,10,12H,5-8H2,1H3,(H,17,18). The molecule has 1 aromatic carbocycles. The average Bonchev–Trinajstić information content (AvgIpc) is 3.02. The molecule has 2 aliphatic rings. The minimum absolute atomic E-state index is 0.00442. The van der Waals surface area contributed by atoms with Crippen molar-refractivity contribution in [1.82, 2.24) is 0 Å². The van der Waals surface area contributed by atoms with E-state index in [-0.39, 0.29) is 24.4 Å². The number of hydrogen-bond donors (Lipinski definition) is 1. The summed E-state index contributed by atoms with van der Waals surface area (Å²) < 4.78 is 24.9. The summed E-state index contributed by atoms with van der Waals surface area (Å²) in [5, 5.41) is 9.63. The molecule has 1 N–H and O–H groups in total. The second kappa shape index (κ2) is 4.74. The third-order valence-electron chi connectivity index (χ3n) is 4.51. The zero-order valence-corrected chi connectivity index (χ0v) is 11.3. The number of ether oxygens (including phenoxy) is 2. The van der Waals surface area contributed by atoms with Crippen LogP contribution >= 0.6 is 0 Å². The molecule has 20 heavy (non-hydrogen) atoms. The number of carbonyl (C=O) groups is 1. The summed E-state index contributed by atoms with van der Waals surface area (Å²) >= 11 is 0. The molecule has 1 aromatic rings. The van der Waals surface area contributed by atoms with Crippen molar-refractivity contribution in [2.75, 3.05) is 7.11 Å². The van der Waals surface area contributed by atoms with Crippen molar-refractivity contribution in [3.05, 3.63) is 29.6 Å². The van der Waals surface area contributed by atoms with Crippen LogP contribution in [0.3, 0.4) is 0 Å². The Labute approximate surface area is 116 Å². The van der Waals surface area contributed by atoms with Crippen molar-refractivity contribution in [2.45, 2.75) is 37.9 Å². The van der Waals surface area contributed by atoms with Gasteiger partial charge < -0.3 is 14.6 Å². The molecule has 4 nitrogen and oxygen atoms in total. The Morgan fingerprint density at radius 1 is 1.55 bits per heavy atom. The predicted molar refractivity (Wildman–Crippen MR) is 69.2 cm³/mol. The maximum atomic E-state index is 14.2. The first-order chi connectivity index (χ1) is 9.56. The SMILES string of the molecule is COc1cccc(CC2(C(=O)O)CC3CCC2O3)c1F. The van der Waals surface area contributed by atoms with Gasteiger partial charge in [-0.3, -0.25) is 4.79 Å². The molecule has 3 rings (SSSR count). The largest absolute Gasteiger partial charge is 0.494 e. The summed E-state index contributed by atoms with van der Waals surface area (Å²) in [7, 11) is 1.40. The van der Waals surface area contributed by atoms with Gasteiger partial charge in [-0.1, -0.05) is 12.1 Å². The van der Waals surface area contributed by atoms with Gasteiger partial charge in [0, 0.05) is 0 Å². The van der Waals surface area contributed by atoms with E-state index < -0.39 is 17.2 Å².